The van der Waals surface area contributed by atoms with Gasteiger partial charge < -0.3 is 18.9 Å². The number of aryl methyl sites for hydroxylation is 1. The maximum Gasteiger partial charge on any atom is 0.513 e. The molecule has 0 saturated heterocycles. The van der Waals surface area contributed by atoms with E-state index >= 15 is 0 Å². The van der Waals surface area contributed by atoms with Crippen LogP contribution in [-0.2, 0) is 9.47 Å². The molecule has 0 amide bonds. The lowest BCUT2D eigenvalue weighted by Crippen LogP contribution is -2.12. The van der Waals surface area contributed by atoms with E-state index in [-0.39, 0.29) is 29.7 Å². The van der Waals surface area contributed by atoms with Gasteiger partial charge in [-0.25, -0.2) is 9.59 Å². The fraction of sp³-hybridized carbons (Fsp3) is 0.263. The molecule has 0 aliphatic carbocycles. The summed E-state index contributed by atoms with van der Waals surface area (Å²) >= 11 is 6.17. The molecule has 0 bridgehead atoms. The highest BCUT2D eigenvalue weighted by molar-refractivity contribution is 6.32. The van der Waals surface area contributed by atoms with Crippen LogP contribution in [0, 0.1) is 6.92 Å². The third-order valence-corrected chi connectivity index (χ3v) is 3.68. The van der Waals surface area contributed by atoms with Crippen molar-refractivity contribution in [3.63, 3.8) is 0 Å². The number of carbonyl (C=O) groups is 2. The van der Waals surface area contributed by atoms with Gasteiger partial charge in [0.2, 0.25) is 0 Å². The number of halogens is 1. The van der Waals surface area contributed by atoms with E-state index < -0.39 is 12.3 Å². The maximum atomic E-state index is 11.7. The summed E-state index contributed by atoms with van der Waals surface area (Å²) in [4.78, 5) is 23.4. The summed E-state index contributed by atoms with van der Waals surface area (Å²) in [6, 6.07) is 10.4. The number of carbonyl (C=O) groups excluding carboxylic acids is 2. The maximum absolute atomic E-state index is 11.7. The standard InChI is InChI=1S/C19H19ClO6/c1-4-23-18(21)25-16-11-15(20)17(26-19(22)24-5-2)10-14(16)13-9-7-6-8-12(13)3/h6-11H,4-5H2,1-3H3. The lowest BCUT2D eigenvalue weighted by Gasteiger charge is -2.15. The van der Waals surface area contributed by atoms with Crippen LogP contribution in [0.3, 0.4) is 0 Å². The molecule has 0 radical (unpaired) electrons. The van der Waals surface area contributed by atoms with Gasteiger partial charge in [-0.05, 0) is 38.0 Å². The Labute approximate surface area is 156 Å². The lowest BCUT2D eigenvalue weighted by molar-refractivity contribution is 0.102. The van der Waals surface area contributed by atoms with E-state index in [1.807, 2.05) is 31.2 Å². The Morgan fingerprint density at radius 1 is 0.885 bits per heavy atom. The van der Waals surface area contributed by atoms with E-state index in [0.717, 1.165) is 11.1 Å². The largest absolute Gasteiger partial charge is 0.513 e. The summed E-state index contributed by atoms with van der Waals surface area (Å²) < 4.78 is 20.0. The van der Waals surface area contributed by atoms with Crippen LogP contribution < -0.4 is 9.47 Å². The summed E-state index contributed by atoms with van der Waals surface area (Å²) in [5.41, 5.74) is 2.25. The summed E-state index contributed by atoms with van der Waals surface area (Å²) in [7, 11) is 0. The SMILES string of the molecule is CCOC(=O)Oc1cc(-c2ccccc2C)c(OC(=O)OCC)cc1Cl. The van der Waals surface area contributed by atoms with Crippen LogP contribution in [0.15, 0.2) is 36.4 Å². The van der Waals surface area contributed by atoms with E-state index in [1.165, 1.54) is 12.1 Å². The first-order valence-corrected chi connectivity index (χ1v) is 8.42. The van der Waals surface area contributed by atoms with Crippen LogP contribution in [0.5, 0.6) is 11.5 Å². The molecular weight excluding hydrogens is 360 g/mol. The van der Waals surface area contributed by atoms with Crippen molar-refractivity contribution in [2.45, 2.75) is 20.8 Å². The van der Waals surface area contributed by atoms with Crippen molar-refractivity contribution in [3.8, 4) is 22.6 Å². The van der Waals surface area contributed by atoms with Crippen molar-refractivity contribution in [1.29, 1.82) is 0 Å². The minimum Gasteiger partial charge on any atom is -0.434 e. The average Bonchev–Trinajstić information content (AvgIpc) is 2.58. The Bertz CT molecular complexity index is 803. The molecule has 0 spiro atoms. The second-order valence-corrected chi connectivity index (χ2v) is 5.57. The van der Waals surface area contributed by atoms with Gasteiger partial charge in [0.15, 0.2) is 5.75 Å². The van der Waals surface area contributed by atoms with Gasteiger partial charge in [-0.1, -0.05) is 35.9 Å². The molecular formula is C19H19ClO6. The summed E-state index contributed by atoms with van der Waals surface area (Å²) in [5.74, 6) is 0.290. The van der Waals surface area contributed by atoms with Gasteiger partial charge in [0.25, 0.3) is 0 Å². The van der Waals surface area contributed by atoms with Crippen molar-refractivity contribution < 1.29 is 28.5 Å². The minimum absolute atomic E-state index is 0.0923. The first kappa shape index (κ1) is 19.6. The van der Waals surface area contributed by atoms with Crippen LogP contribution in [0.1, 0.15) is 19.4 Å². The molecule has 0 unspecified atom stereocenters. The lowest BCUT2D eigenvalue weighted by atomic mass is 9.99. The Balaban J connectivity index is 2.50. The van der Waals surface area contributed by atoms with Crippen molar-refractivity contribution in [3.05, 3.63) is 47.0 Å². The van der Waals surface area contributed by atoms with Crippen molar-refractivity contribution in [1.82, 2.24) is 0 Å². The Morgan fingerprint density at radius 3 is 2.04 bits per heavy atom. The van der Waals surface area contributed by atoms with Crippen LogP contribution in [0.4, 0.5) is 9.59 Å². The monoisotopic (exact) mass is 378 g/mol. The molecule has 0 aromatic heterocycles. The van der Waals surface area contributed by atoms with Gasteiger partial charge in [-0.3, -0.25) is 0 Å². The predicted molar refractivity (Wildman–Crippen MR) is 96.9 cm³/mol. The zero-order valence-electron chi connectivity index (χ0n) is 14.7. The normalized spacial score (nSPS) is 10.2. The van der Waals surface area contributed by atoms with Crippen molar-refractivity contribution in [2.24, 2.45) is 0 Å². The van der Waals surface area contributed by atoms with Crippen molar-refractivity contribution >= 4 is 23.9 Å². The summed E-state index contributed by atoms with van der Waals surface area (Å²) in [6.07, 6.45) is -1.72. The Morgan fingerprint density at radius 2 is 1.46 bits per heavy atom. The Kier molecular flexibility index (Phi) is 6.86. The van der Waals surface area contributed by atoms with Crippen LogP contribution in [0.2, 0.25) is 5.02 Å². The molecule has 0 aliphatic rings. The first-order valence-electron chi connectivity index (χ1n) is 8.05. The second kappa shape index (κ2) is 9.10. The molecule has 0 saturated carbocycles. The quantitative estimate of drug-likeness (QED) is 0.513. The van der Waals surface area contributed by atoms with Crippen LogP contribution in [0.25, 0.3) is 11.1 Å². The fourth-order valence-electron chi connectivity index (χ4n) is 2.26. The number of hydrogen-bond donors (Lipinski definition) is 0. The van der Waals surface area contributed by atoms with E-state index in [1.54, 1.807) is 13.8 Å². The van der Waals surface area contributed by atoms with Gasteiger partial charge in [0.1, 0.15) is 5.75 Å². The molecule has 2 aromatic rings. The highest BCUT2D eigenvalue weighted by Crippen LogP contribution is 2.40. The van der Waals surface area contributed by atoms with Gasteiger partial charge in [-0.15, -0.1) is 0 Å². The van der Waals surface area contributed by atoms with E-state index in [0.29, 0.717) is 5.56 Å². The topological polar surface area (TPSA) is 71.1 Å². The molecule has 0 heterocycles. The first-order chi connectivity index (χ1) is 12.5. The Hall–Kier alpha value is -2.73. The molecule has 26 heavy (non-hydrogen) atoms. The molecule has 2 aromatic carbocycles. The van der Waals surface area contributed by atoms with Gasteiger partial charge >= 0.3 is 12.3 Å². The number of benzene rings is 2. The number of ether oxygens (including phenoxy) is 4. The predicted octanol–water partition coefficient (Wildman–Crippen LogP) is 5.39. The summed E-state index contributed by atoms with van der Waals surface area (Å²) in [6.45, 7) is 5.59. The molecule has 2 rings (SSSR count). The number of rotatable bonds is 5. The third kappa shape index (κ3) is 4.89. The van der Waals surface area contributed by atoms with Crippen LogP contribution >= 0.6 is 11.6 Å². The highest BCUT2D eigenvalue weighted by Gasteiger charge is 2.19. The zero-order valence-corrected chi connectivity index (χ0v) is 15.5. The fourth-order valence-corrected chi connectivity index (χ4v) is 2.45. The van der Waals surface area contributed by atoms with Gasteiger partial charge in [-0.2, -0.15) is 0 Å². The van der Waals surface area contributed by atoms with Gasteiger partial charge in [0.05, 0.1) is 18.2 Å². The number of hydrogen-bond acceptors (Lipinski definition) is 6. The molecule has 7 heteroatoms. The van der Waals surface area contributed by atoms with E-state index in [4.69, 9.17) is 30.5 Å². The molecule has 6 nitrogen and oxygen atoms in total. The van der Waals surface area contributed by atoms with Crippen molar-refractivity contribution in [2.75, 3.05) is 13.2 Å². The van der Waals surface area contributed by atoms with E-state index in [2.05, 4.69) is 0 Å². The van der Waals surface area contributed by atoms with Crippen LogP contribution in [-0.4, -0.2) is 25.5 Å². The average molecular weight is 379 g/mol. The molecule has 0 aliphatic heterocycles. The molecule has 138 valence electrons. The third-order valence-electron chi connectivity index (χ3n) is 3.38. The van der Waals surface area contributed by atoms with Gasteiger partial charge in [0, 0.05) is 11.6 Å². The summed E-state index contributed by atoms with van der Waals surface area (Å²) in [5, 5.41) is 0.0923. The molecule has 0 N–H and O–H groups in total. The highest BCUT2D eigenvalue weighted by atomic mass is 35.5. The zero-order chi connectivity index (χ0) is 19.1. The smallest absolute Gasteiger partial charge is 0.434 e. The van der Waals surface area contributed by atoms with E-state index in [9.17, 15) is 9.59 Å². The second-order valence-electron chi connectivity index (χ2n) is 5.16. The molecule has 0 fully saturated rings. The minimum atomic E-state index is -0.871. The molecule has 0 atom stereocenters.